The Balaban J connectivity index is 1.92. The number of nitro groups is 1. The molecule has 0 saturated carbocycles. The Morgan fingerprint density at radius 3 is 2.52 bits per heavy atom. The first-order chi connectivity index (χ1) is 10.1. The van der Waals surface area contributed by atoms with E-state index in [0.717, 1.165) is 5.56 Å². The molecule has 110 valence electrons. The summed E-state index contributed by atoms with van der Waals surface area (Å²) in [6.07, 6.45) is -0.690. The van der Waals surface area contributed by atoms with Crippen LogP contribution in [0.15, 0.2) is 48.5 Å². The highest BCUT2D eigenvalue weighted by atomic mass is 35.5. The highest BCUT2D eigenvalue weighted by molar-refractivity contribution is 6.30. The molecule has 0 radical (unpaired) electrons. The van der Waals surface area contributed by atoms with Gasteiger partial charge < -0.3 is 10.4 Å². The number of benzene rings is 2. The number of nitrogens with one attached hydrogen (secondary N) is 1. The van der Waals surface area contributed by atoms with Crippen LogP contribution in [0.1, 0.15) is 17.2 Å². The number of aliphatic hydroxyl groups excluding tert-OH is 1. The van der Waals surface area contributed by atoms with Gasteiger partial charge in [0, 0.05) is 29.7 Å². The van der Waals surface area contributed by atoms with E-state index in [1.807, 2.05) is 0 Å². The van der Waals surface area contributed by atoms with Gasteiger partial charge in [0.15, 0.2) is 0 Å². The van der Waals surface area contributed by atoms with Crippen LogP contribution >= 0.6 is 11.6 Å². The van der Waals surface area contributed by atoms with Crippen molar-refractivity contribution in [3.63, 3.8) is 0 Å². The standard InChI is InChI=1S/C15H15ClN2O3/c16-13-7-5-11(6-8-13)15(19)10-17-9-12-3-1-2-4-14(12)18(20)21/h1-8,15,17,19H,9-10H2/t15-/m1/s1. The highest BCUT2D eigenvalue weighted by Gasteiger charge is 2.12. The van der Waals surface area contributed by atoms with Crippen LogP contribution in [0.25, 0.3) is 0 Å². The van der Waals surface area contributed by atoms with Crippen LogP contribution in [0, 0.1) is 10.1 Å². The van der Waals surface area contributed by atoms with Gasteiger partial charge in [0.25, 0.3) is 5.69 Å². The van der Waals surface area contributed by atoms with E-state index < -0.39 is 11.0 Å². The SMILES string of the molecule is O=[N+]([O-])c1ccccc1CNC[C@@H](O)c1ccc(Cl)cc1. The summed E-state index contributed by atoms with van der Waals surface area (Å²) in [4.78, 5) is 10.5. The van der Waals surface area contributed by atoms with Crippen molar-refractivity contribution >= 4 is 17.3 Å². The quantitative estimate of drug-likeness (QED) is 0.635. The van der Waals surface area contributed by atoms with E-state index in [4.69, 9.17) is 11.6 Å². The zero-order valence-electron chi connectivity index (χ0n) is 11.2. The van der Waals surface area contributed by atoms with E-state index in [0.29, 0.717) is 23.7 Å². The zero-order chi connectivity index (χ0) is 15.2. The highest BCUT2D eigenvalue weighted by Crippen LogP contribution is 2.18. The van der Waals surface area contributed by atoms with Gasteiger partial charge in [-0.3, -0.25) is 10.1 Å². The fraction of sp³-hybridized carbons (Fsp3) is 0.200. The van der Waals surface area contributed by atoms with Crippen molar-refractivity contribution < 1.29 is 10.0 Å². The number of hydrogen-bond acceptors (Lipinski definition) is 4. The molecule has 0 aliphatic heterocycles. The largest absolute Gasteiger partial charge is 0.387 e. The second-order valence-electron chi connectivity index (χ2n) is 4.58. The summed E-state index contributed by atoms with van der Waals surface area (Å²) in [5, 5.41) is 24.5. The number of halogens is 1. The Labute approximate surface area is 127 Å². The van der Waals surface area contributed by atoms with Crippen molar-refractivity contribution in [2.75, 3.05) is 6.54 Å². The average molecular weight is 307 g/mol. The summed E-state index contributed by atoms with van der Waals surface area (Å²) in [7, 11) is 0. The maximum absolute atomic E-state index is 10.9. The molecule has 2 aromatic carbocycles. The molecule has 2 rings (SSSR count). The average Bonchev–Trinajstić information content (AvgIpc) is 2.48. The summed E-state index contributed by atoms with van der Waals surface area (Å²) in [6.45, 7) is 0.621. The lowest BCUT2D eigenvalue weighted by atomic mass is 10.1. The van der Waals surface area contributed by atoms with Crippen LogP contribution in [-0.2, 0) is 6.54 Å². The topological polar surface area (TPSA) is 75.4 Å². The smallest absolute Gasteiger partial charge is 0.273 e. The Kier molecular flexibility index (Phi) is 5.27. The lowest BCUT2D eigenvalue weighted by Crippen LogP contribution is -2.21. The fourth-order valence-corrected chi connectivity index (χ4v) is 2.11. The summed E-state index contributed by atoms with van der Waals surface area (Å²) in [6, 6.07) is 13.5. The van der Waals surface area contributed by atoms with Gasteiger partial charge in [0.05, 0.1) is 11.0 Å². The molecule has 0 bridgehead atoms. The molecule has 0 unspecified atom stereocenters. The Morgan fingerprint density at radius 1 is 1.19 bits per heavy atom. The van der Waals surface area contributed by atoms with Crippen LogP contribution < -0.4 is 5.32 Å². The molecule has 0 spiro atoms. The number of nitrogens with zero attached hydrogens (tertiary/aromatic N) is 1. The molecule has 2 N–H and O–H groups in total. The molecule has 0 aliphatic rings. The summed E-state index contributed by atoms with van der Waals surface area (Å²) in [5.41, 5.74) is 1.41. The molecule has 1 atom stereocenters. The minimum atomic E-state index is -0.690. The molecule has 0 saturated heterocycles. The maximum atomic E-state index is 10.9. The first-order valence-corrected chi connectivity index (χ1v) is 6.82. The third-order valence-electron chi connectivity index (χ3n) is 3.10. The lowest BCUT2D eigenvalue weighted by molar-refractivity contribution is -0.385. The second kappa shape index (κ2) is 7.17. The molecule has 21 heavy (non-hydrogen) atoms. The summed E-state index contributed by atoms with van der Waals surface area (Å²) in [5.74, 6) is 0. The van der Waals surface area contributed by atoms with Crippen molar-refractivity contribution in [2.24, 2.45) is 0 Å². The number of aliphatic hydroxyl groups is 1. The number of para-hydroxylation sites is 1. The van der Waals surface area contributed by atoms with Gasteiger partial charge in [0.2, 0.25) is 0 Å². The van der Waals surface area contributed by atoms with Gasteiger partial charge in [0.1, 0.15) is 0 Å². The first-order valence-electron chi connectivity index (χ1n) is 6.44. The van der Waals surface area contributed by atoms with E-state index >= 15 is 0 Å². The summed E-state index contributed by atoms with van der Waals surface area (Å²) < 4.78 is 0. The lowest BCUT2D eigenvalue weighted by Gasteiger charge is -2.12. The summed E-state index contributed by atoms with van der Waals surface area (Å²) >= 11 is 5.79. The van der Waals surface area contributed by atoms with Gasteiger partial charge in [-0.1, -0.05) is 41.9 Å². The second-order valence-corrected chi connectivity index (χ2v) is 5.02. The molecular formula is C15H15ClN2O3. The van der Waals surface area contributed by atoms with E-state index in [1.54, 1.807) is 42.5 Å². The molecule has 2 aromatic rings. The van der Waals surface area contributed by atoms with Crippen molar-refractivity contribution in [2.45, 2.75) is 12.6 Å². The van der Waals surface area contributed by atoms with Crippen LogP contribution in [0.4, 0.5) is 5.69 Å². The van der Waals surface area contributed by atoms with Crippen LogP contribution in [0.2, 0.25) is 5.02 Å². The molecular weight excluding hydrogens is 292 g/mol. The van der Waals surface area contributed by atoms with Gasteiger partial charge in [-0.05, 0) is 17.7 Å². The molecule has 0 heterocycles. The first kappa shape index (κ1) is 15.4. The van der Waals surface area contributed by atoms with Crippen molar-refractivity contribution in [1.82, 2.24) is 5.32 Å². The monoisotopic (exact) mass is 306 g/mol. The predicted octanol–water partition coefficient (Wildman–Crippen LogP) is 3.07. The number of rotatable bonds is 6. The molecule has 0 amide bonds. The maximum Gasteiger partial charge on any atom is 0.273 e. The third kappa shape index (κ3) is 4.26. The van der Waals surface area contributed by atoms with E-state index in [2.05, 4.69) is 5.32 Å². The van der Waals surface area contributed by atoms with Gasteiger partial charge >= 0.3 is 0 Å². The van der Waals surface area contributed by atoms with E-state index in [9.17, 15) is 15.2 Å². The van der Waals surface area contributed by atoms with Crippen LogP contribution in [0.3, 0.4) is 0 Å². The minimum Gasteiger partial charge on any atom is -0.387 e. The molecule has 0 aromatic heterocycles. The van der Waals surface area contributed by atoms with Gasteiger partial charge in [-0.15, -0.1) is 0 Å². The van der Waals surface area contributed by atoms with Crippen molar-refractivity contribution in [1.29, 1.82) is 0 Å². The van der Waals surface area contributed by atoms with E-state index in [1.165, 1.54) is 6.07 Å². The third-order valence-corrected chi connectivity index (χ3v) is 3.35. The number of nitro benzene ring substituents is 1. The number of hydrogen-bond donors (Lipinski definition) is 2. The Bertz CT molecular complexity index is 617. The Hall–Kier alpha value is -1.95. The fourth-order valence-electron chi connectivity index (χ4n) is 1.98. The van der Waals surface area contributed by atoms with Crippen molar-refractivity contribution in [3.8, 4) is 0 Å². The van der Waals surface area contributed by atoms with E-state index in [-0.39, 0.29) is 5.69 Å². The molecule has 0 aliphatic carbocycles. The van der Waals surface area contributed by atoms with Gasteiger partial charge in [-0.25, -0.2) is 0 Å². The van der Waals surface area contributed by atoms with Crippen LogP contribution in [-0.4, -0.2) is 16.6 Å². The Morgan fingerprint density at radius 2 is 1.86 bits per heavy atom. The van der Waals surface area contributed by atoms with Gasteiger partial charge in [-0.2, -0.15) is 0 Å². The van der Waals surface area contributed by atoms with Crippen LogP contribution in [0.5, 0.6) is 0 Å². The predicted molar refractivity (Wildman–Crippen MR) is 81.2 cm³/mol. The molecule has 6 heteroatoms. The molecule has 0 fully saturated rings. The minimum absolute atomic E-state index is 0.0750. The van der Waals surface area contributed by atoms with Crippen molar-refractivity contribution in [3.05, 3.63) is 74.8 Å². The molecule has 5 nitrogen and oxygen atoms in total. The zero-order valence-corrected chi connectivity index (χ0v) is 12.0. The normalized spacial score (nSPS) is 12.1.